The van der Waals surface area contributed by atoms with Crippen LogP contribution in [-0.2, 0) is 21.4 Å². The normalized spacial score (nSPS) is 24.5. The van der Waals surface area contributed by atoms with Gasteiger partial charge in [-0.2, -0.15) is 9.97 Å². The Balaban J connectivity index is 0.667. The van der Waals surface area contributed by atoms with Gasteiger partial charge >= 0.3 is 17.8 Å². The molecule has 420 valence electrons. The number of aromatic hydroxyl groups is 1. The van der Waals surface area contributed by atoms with Crippen LogP contribution >= 0.6 is 0 Å². The molecule has 6 aromatic rings. The second-order valence-electron chi connectivity index (χ2n) is 23.3. The zero-order chi connectivity index (χ0) is 55.8. The maximum atomic E-state index is 17.2. The van der Waals surface area contributed by atoms with E-state index >= 15 is 13.2 Å². The number of benzene rings is 3. The number of likely N-dealkylation sites (tertiary alicyclic amines) is 2. The topological polar surface area (TPSA) is 201 Å². The van der Waals surface area contributed by atoms with Gasteiger partial charge in [0.05, 0.1) is 33.1 Å². The third kappa shape index (κ3) is 9.76. The van der Waals surface area contributed by atoms with Crippen LogP contribution in [0.3, 0.4) is 0 Å². The Bertz CT molecular complexity index is 3580. The molecule has 21 heteroatoms. The summed E-state index contributed by atoms with van der Waals surface area (Å²) >= 11 is 0. The van der Waals surface area contributed by atoms with Gasteiger partial charge in [-0.25, -0.2) is 22.8 Å². The SMILES string of the molecule is C#Cc1c(F)ccc2cc(O)cc(-c3ncc4c(N5CCC[C@@](C)(O)C5)nc(OC[C@@]56CCCN5[C@H](COC(=O)N5CCC(CN7CCC(c8cc9c(cc8F)n(C8CCC(=O)NC8=O)c(=O)n9C)CC7)CC5)CC6)nc4c3F)c12. The van der Waals surface area contributed by atoms with Crippen molar-refractivity contribution >= 4 is 56.4 Å². The van der Waals surface area contributed by atoms with Gasteiger partial charge in [-0.1, -0.05) is 12.0 Å². The molecule has 6 aliphatic rings. The number of ether oxygens (including phenoxy) is 2. The molecule has 6 fully saturated rings. The number of rotatable bonds is 11. The van der Waals surface area contributed by atoms with Crippen LogP contribution in [0.5, 0.6) is 11.8 Å². The van der Waals surface area contributed by atoms with Crippen LogP contribution in [0.2, 0.25) is 0 Å². The van der Waals surface area contributed by atoms with Gasteiger partial charge in [0.25, 0.3) is 0 Å². The highest BCUT2D eigenvalue weighted by Crippen LogP contribution is 2.44. The van der Waals surface area contributed by atoms with Crippen molar-refractivity contribution in [2.24, 2.45) is 13.0 Å². The van der Waals surface area contributed by atoms with Crippen molar-refractivity contribution in [3.63, 3.8) is 0 Å². The third-order valence-electron chi connectivity index (χ3n) is 18.1. The Labute approximate surface area is 459 Å². The van der Waals surface area contributed by atoms with E-state index in [9.17, 15) is 29.4 Å². The Morgan fingerprint density at radius 3 is 2.46 bits per heavy atom. The minimum Gasteiger partial charge on any atom is -0.508 e. The molecule has 0 aliphatic carbocycles. The van der Waals surface area contributed by atoms with Gasteiger partial charge in [-0.15, -0.1) is 6.42 Å². The number of anilines is 1. The number of carbonyl (C=O) groups excluding carboxylic acids is 3. The molecule has 18 nitrogen and oxygen atoms in total. The van der Waals surface area contributed by atoms with Crippen molar-refractivity contribution < 1.29 is 47.2 Å². The molecule has 3 aromatic heterocycles. The average Bonchev–Trinajstić information content (AvgIpc) is 4.16. The summed E-state index contributed by atoms with van der Waals surface area (Å²) in [6.45, 7) is 7.37. The molecule has 3 aromatic carbocycles. The summed E-state index contributed by atoms with van der Waals surface area (Å²) in [6.07, 6.45) is 14.9. The van der Waals surface area contributed by atoms with Crippen LogP contribution in [-0.4, -0.2) is 150 Å². The lowest BCUT2D eigenvalue weighted by atomic mass is 9.87. The minimum absolute atomic E-state index is 0.0312. The van der Waals surface area contributed by atoms with E-state index in [-0.39, 0.29) is 96.0 Å². The quantitative estimate of drug-likeness (QED) is 0.0882. The molecule has 3 amide bonds. The monoisotopic (exact) mass is 1100 g/mol. The van der Waals surface area contributed by atoms with E-state index < -0.39 is 46.2 Å². The zero-order valence-electron chi connectivity index (χ0n) is 45.0. The van der Waals surface area contributed by atoms with Crippen molar-refractivity contribution in [3.8, 4) is 35.4 Å². The third-order valence-corrected chi connectivity index (χ3v) is 18.1. The maximum absolute atomic E-state index is 17.2. The van der Waals surface area contributed by atoms with Gasteiger partial charge in [0.2, 0.25) is 11.8 Å². The molecule has 0 bridgehead atoms. The van der Waals surface area contributed by atoms with Crippen LogP contribution in [0, 0.1) is 35.7 Å². The second-order valence-corrected chi connectivity index (χ2v) is 23.3. The number of terminal acetylenes is 1. The van der Waals surface area contributed by atoms with Crippen molar-refractivity contribution in [1.29, 1.82) is 0 Å². The number of amides is 3. The number of halogens is 3. The average molecular weight is 1100 g/mol. The Kier molecular flexibility index (Phi) is 14.0. The van der Waals surface area contributed by atoms with Gasteiger partial charge in [0, 0.05) is 75.4 Å². The van der Waals surface area contributed by atoms with Gasteiger partial charge in [-0.05, 0) is 144 Å². The molecule has 6 saturated heterocycles. The summed E-state index contributed by atoms with van der Waals surface area (Å²) < 4.78 is 63.5. The zero-order valence-corrected chi connectivity index (χ0v) is 45.0. The number of aromatic nitrogens is 5. The minimum atomic E-state index is -1.03. The largest absolute Gasteiger partial charge is 0.508 e. The lowest BCUT2D eigenvalue weighted by Gasteiger charge is -2.38. The molecule has 0 saturated carbocycles. The van der Waals surface area contributed by atoms with Crippen LogP contribution in [0.25, 0.3) is 44.0 Å². The summed E-state index contributed by atoms with van der Waals surface area (Å²) in [4.78, 5) is 73.9. The van der Waals surface area contributed by atoms with Crippen LogP contribution in [0.1, 0.15) is 107 Å². The first-order valence-corrected chi connectivity index (χ1v) is 28.0. The van der Waals surface area contributed by atoms with Crippen LogP contribution in [0.15, 0.2) is 47.4 Å². The molecule has 0 radical (unpaired) electrons. The highest BCUT2D eigenvalue weighted by molar-refractivity contribution is 6.03. The molecule has 12 rings (SSSR count). The number of nitrogens with one attached hydrogen (secondary N) is 1. The van der Waals surface area contributed by atoms with Crippen molar-refractivity contribution in [2.45, 2.75) is 113 Å². The molecule has 80 heavy (non-hydrogen) atoms. The number of fused-ring (bicyclic) bond motifs is 4. The first kappa shape index (κ1) is 53.4. The predicted octanol–water partition coefficient (Wildman–Crippen LogP) is 7.04. The van der Waals surface area contributed by atoms with Crippen molar-refractivity contribution in [3.05, 3.63) is 81.7 Å². The predicted molar refractivity (Wildman–Crippen MR) is 292 cm³/mol. The molecule has 9 heterocycles. The highest BCUT2D eigenvalue weighted by atomic mass is 19.1. The number of imide groups is 1. The highest BCUT2D eigenvalue weighted by Gasteiger charge is 2.50. The number of β-amino-alcohol motifs (C(OH)–C–C–N with tert-alkyl or cyclic N) is 1. The van der Waals surface area contributed by atoms with Gasteiger partial charge in [-0.3, -0.25) is 33.9 Å². The number of pyridine rings is 1. The second kappa shape index (κ2) is 21.0. The maximum Gasteiger partial charge on any atom is 0.409 e. The van der Waals surface area contributed by atoms with Crippen LogP contribution in [0.4, 0.5) is 23.8 Å². The number of nitrogens with zero attached hydrogens (tertiary/aromatic N) is 9. The van der Waals surface area contributed by atoms with E-state index in [0.29, 0.717) is 71.6 Å². The number of phenolic OH excluding ortho intramolecular Hbond substituents is 1. The molecule has 4 atom stereocenters. The number of carbonyl (C=O) groups is 3. The molecular weight excluding hydrogens is 1030 g/mol. The summed E-state index contributed by atoms with van der Waals surface area (Å²) in [5.41, 5.74) is -0.704. The molecule has 1 unspecified atom stereocenters. The number of piperidine rings is 4. The Morgan fingerprint density at radius 1 is 0.912 bits per heavy atom. The fourth-order valence-corrected chi connectivity index (χ4v) is 13.9. The van der Waals surface area contributed by atoms with Gasteiger partial charge in [0.15, 0.2) is 5.82 Å². The summed E-state index contributed by atoms with van der Waals surface area (Å²) in [7, 11) is 1.62. The van der Waals surface area contributed by atoms with Crippen LogP contribution < -0.4 is 20.6 Å². The standard InChI is InChI=1S/C59H65F3N10O8/c1-4-39-43(60)8-7-36-25-38(73)26-41(49(36)39)51-50(62)52-42(29-63-51)53(70-19-5-16-58(2,78)32-70)66-55(65-52)80-33-59-17-6-20-71(59)37(11-18-59)31-79-57(77)69-23-12-34(13-24-69)30-68-21-14-35(15-22-68)40-27-46-47(28-44(40)61)72(56(76)67(46)3)45-9-10-48(74)64-54(45)75/h1,7-8,25-29,34-35,37,45,73,78H,5-6,9-24,30-33H2,2-3H3,(H,64,74,75)/t37-,45?,58+,59-/m0/s1. The Hall–Kier alpha value is -7.28. The fourth-order valence-electron chi connectivity index (χ4n) is 13.9. The first-order valence-electron chi connectivity index (χ1n) is 28.0. The summed E-state index contributed by atoms with van der Waals surface area (Å²) in [5.74, 6) is 0.0331. The van der Waals surface area contributed by atoms with E-state index in [1.807, 2.05) is 4.90 Å². The Morgan fingerprint density at radius 2 is 1.70 bits per heavy atom. The summed E-state index contributed by atoms with van der Waals surface area (Å²) in [5, 5.41) is 25.1. The van der Waals surface area contributed by atoms with Gasteiger partial charge < -0.3 is 34.4 Å². The van der Waals surface area contributed by atoms with Crippen molar-refractivity contribution in [1.82, 2.24) is 44.1 Å². The number of aliphatic hydroxyl groups is 1. The van der Waals surface area contributed by atoms with E-state index in [4.69, 9.17) is 20.9 Å². The molecule has 0 spiro atoms. The van der Waals surface area contributed by atoms with E-state index in [1.165, 1.54) is 45.7 Å². The number of hydrogen-bond acceptors (Lipinski definition) is 14. The number of phenols is 1. The number of hydrogen-bond donors (Lipinski definition) is 3. The fraction of sp³-hybridized carbons (Fsp3) is 0.508. The molecular formula is C59H65F3N10O8. The van der Waals surface area contributed by atoms with Gasteiger partial charge in [0.1, 0.15) is 53.7 Å². The molecule has 6 aliphatic heterocycles. The van der Waals surface area contributed by atoms with E-state index in [0.717, 1.165) is 77.5 Å². The first-order chi connectivity index (χ1) is 38.5. The van der Waals surface area contributed by atoms with E-state index in [2.05, 4.69) is 31.0 Å². The number of aryl methyl sites for hydroxylation is 1. The lowest BCUT2D eigenvalue weighted by molar-refractivity contribution is -0.135. The smallest absolute Gasteiger partial charge is 0.409 e. The molecule has 3 N–H and O–H groups in total. The number of imidazole rings is 1. The summed E-state index contributed by atoms with van der Waals surface area (Å²) in [6, 6.07) is 7.52. The van der Waals surface area contributed by atoms with Crippen molar-refractivity contribution in [2.75, 3.05) is 70.5 Å². The van der Waals surface area contributed by atoms with E-state index in [1.54, 1.807) is 24.9 Å². The lowest BCUT2D eigenvalue weighted by Crippen LogP contribution is -2.49.